The van der Waals surface area contributed by atoms with Gasteiger partial charge in [0.05, 0.1) is 13.7 Å². The fourth-order valence-corrected chi connectivity index (χ4v) is 3.06. The van der Waals surface area contributed by atoms with Crippen molar-refractivity contribution in [1.29, 1.82) is 0 Å². The smallest absolute Gasteiger partial charge is 0.337 e. The van der Waals surface area contributed by atoms with Crippen LogP contribution in [0.2, 0.25) is 0 Å². The maximum absolute atomic E-state index is 11.4. The molecule has 1 fully saturated rings. The largest absolute Gasteiger partial charge is 0.496 e. The minimum absolute atomic E-state index is 0.469. The van der Waals surface area contributed by atoms with Crippen molar-refractivity contribution in [2.24, 2.45) is 0 Å². The Hall–Kier alpha value is -1.55. The molecule has 1 aliphatic heterocycles. The highest BCUT2D eigenvalue weighted by molar-refractivity contribution is 5.77. The third-order valence-corrected chi connectivity index (χ3v) is 4.24. The van der Waals surface area contributed by atoms with Gasteiger partial charge in [-0.2, -0.15) is 0 Å². The first-order valence-corrected chi connectivity index (χ1v) is 6.76. The lowest BCUT2D eigenvalue weighted by atomic mass is 9.76. The second-order valence-electron chi connectivity index (χ2n) is 5.22. The van der Waals surface area contributed by atoms with Gasteiger partial charge in [-0.25, -0.2) is 4.79 Å². The Labute approximate surface area is 112 Å². The Kier molecular flexibility index (Phi) is 3.19. The molecule has 0 amide bonds. The number of carbonyl (C=O) groups is 1. The maximum Gasteiger partial charge on any atom is 0.337 e. The van der Waals surface area contributed by atoms with Gasteiger partial charge in [0.2, 0.25) is 0 Å². The van der Waals surface area contributed by atoms with Crippen LogP contribution in [0, 0.1) is 0 Å². The van der Waals surface area contributed by atoms with E-state index in [1.54, 1.807) is 7.11 Å². The minimum Gasteiger partial charge on any atom is -0.496 e. The Morgan fingerprint density at radius 2 is 2.21 bits per heavy atom. The zero-order valence-corrected chi connectivity index (χ0v) is 11.0. The van der Waals surface area contributed by atoms with Gasteiger partial charge < -0.3 is 14.6 Å². The third-order valence-electron chi connectivity index (χ3n) is 4.24. The third kappa shape index (κ3) is 2.00. The Morgan fingerprint density at radius 1 is 1.42 bits per heavy atom. The van der Waals surface area contributed by atoms with Crippen LogP contribution in [0.3, 0.4) is 0 Å². The van der Waals surface area contributed by atoms with E-state index in [2.05, 4.69) is 6.07 Å². The summed E-state index contributed by atoms with van der Waals surface area (Å²) in [7, 11) is 1.58. The van der Waals surface area contributed by atoms with Gasteiger partial charge >= 0.3 is 5.97 Å². The standard InChI is InChI=1S/C15H18O4/c1-18-12-6-5-10(9-3-2-4-9)11-7-8-19-14(13(11)12)15(16)17/h5-6,9,14H,2-4,7-8H2,1H3,(H,16,17)/t14-/m0/s1. The molecule has 1 aliphatic carbocycles. The van der Waals surface area contributed by atoms with Crippen LogP contribution < -0.4 is 4.74 Å². The van der Waals surface area contributed by atoms with Gasteiger partial charge in [0.15, 0.2) is 6.10 Å². The summed E-state index contributed by atoms with van der Waals surface area (Å²) in [5, 5.41) is 9.33. The molecule has 0 bridgehead atoms. The van der Waals surface area contributed by atoms with E-state index in [1.165, 1.54) is 24.8 Å². The Bertz CT molecular complexity index is 505. The first-order valence-electron chi connectivity index (χ1n) is 6.76. The van der Waals surface area contributed by atoms with Crippen molar-refractivity contribution in [3.63, 3.8) is 0 Å². The van der Waals surface area contributed by atoms with Crippen LogP contribution in [-0.2, 0) is 16.0 Å². The molecule has 0 radical (unpaired) electrons. The summed E-state index contributed by atoms with van der Waals surface area (Å²) < 4.78 is 10.8. The molecule has 1 N–H and O–H groups in total. The van der Waals surface area contributed by atoms with Crippen LogP contribution in [-0.4, -0.2) is 24.8 Å². The SMILES string of the molecule is COc1ccc(C2CCC2)c2c1[C@@H](C(=O)O)OCC2. The van der Waals surface area contributed by atoms with Gasteiger partial charge in [-0.05, 0) is 42.4 Å². The summed E-state index contributed by atoms with van der Waals surface area (Å²) in [5.41, 5.74) is 3.17. The van der Waals surface area contributed by atoms with Crippen molar-refractivity contribution >= 4 is 5.97 Å². The molecule has 102 valence electrons. The van der Waals surface area contributed by atoms with Gasteiger partial charge in [-0.15, -0.1) is 0 Å². The first kappa shape index (κ1) is 12.5. The summed E-state index contributed by atoms with van der Waals surface area (Å²) in [4.78, 5) is 11.4. The zero-order chi connectivity index (χ0) is 13.4. The van der Waals surface area contributed by atoms with E-state index in [0.29, 0.717) is 18.3 Å². The number of carboxylic acids is 1. The molecule has 0 spiro atoms. The zero-order valence-electron chi connectivity index (χ0n) is 11.0. The average molecular weight is 262 g/mol. The number of aliphatic carboxylic acids is 1. The molecule has 1 aromatic carbocycles. The number of carboxylic acid groups (broad SMARTS) is 1. The van der Waals surface area contributed by atoms with Crippen LogP contribution in [0.15, 0.2) is 12.1 Å². The molecule has 4 heteroatoms. The molecule has 3 rings (SSSR count). The number of rotatable bonds is 3. The van der Waals surface area contributed by atoms with Crippen molar-refractivity contribution in [2.45, 2.75) is 37.7 Å². The van der Waals surface area contributed by atoms with Crippen molar-refractivity contribution in [1.82, 2.24) is 0 Å². The normalized spacial score (nSPS) is 22.5. The molecular weight excluding hydrogens is 244 g/mol. The highest BCUT2D eigenvalue weighted by atomic mass is 16.5. The van der Waals surface area contributed by atoms with Gasteiger partial charge in [-0.1, -0.05) is 12.5 Å². The summed E-state index contributed by atoms with van der Waals surface area (Å²) in [6, 6.07) is 3.99. The predicted octanol–water partition coefficient (Wildman–Crippen LogP) is 2.66. The van der Waals surface area contributed by atoms with E-state index in [9.17, 15) is 9.90 Å². The van der Waals surface area contributed by atoms with E-state index in [0.717, 1.165) is 17.5 Å². The van der Waals surface area contributed by atoms with Gasteiger partial charge in [-0.3, -0.25) is 0 Å². The summed E-state index contributed by atoms with van der Waals surface area (Å²) >= 11 is 0. The number of fused-ring (bicyclic) bond motifs is 1. The van der Waals surface area contributed by atoms with Gasteiger partial charge in [0.25, 0.3) is 0 Å². The maximum atomic E-state index is 11.4. The second-order valence-corrected chi connectivity index (χ2v) is 5.22. The molecule has 1 atom stereocenters. The topological polar surface area (TPSA) is 55.8 Å². The lowest BCUT2D eigenvalue weighted by Gasteiger charge is -2.33. The fraction of sp³-hybridized carbons (Fsp3) is 0.533. The first-order chi connectivity index (χ1) is 9.22. The van der Waals surface area contributed by atoms with Crippen molar-refractivity contribution in [3.8, 4) is 5.75 Å². The van der Waals surface area contributed by atoms with Crippen molar-refractivity contribution in [3.05, 3.63) is 28.8 Å². The molecular formula is C15H18O4. The monoisotopic (exact) mass is 262 g/mol. The molecule has 0 aromatic heterocycles. The highest BCUT2D eigenvalue weighted by Crippen LogP contribution is 2.44. The van der Waals surface area contributed by atoms with Crippen LogP contribution in [0.5, 0.6) is 5.75 Å². The van der Waals surface area contributed by atoms with E-state index in [4.69, 9.17) is 9.47 Å². The van der Waals surface area contributed by atoms with Crippen LogP contribution in [0.4, 0.5) is 0 Å². The van der Waals surface area contributed by atoms with Crippen LogP contribution in [0.1, 0.15) is 48.0 Å². The fourth-order valence-electron chi connectivity index (χ4n) is 3.06. The molecule has 1 heterocycles. The number of methoxy groups -OCH3 is 1. The van der Waals surface area contributed by atoms with E-state index < -0.39 is 12.1 Å². The number of hydrogen-bond donors (Lipinski definition) is 1. The molecule has 4 nitrogen and oxygen atoms in total. The molecule has 1 saturated carbocycles. The quantitative estimate of drug-likeness (QED) is 0.909. The highest BCUT2D eigenvalue weighted by Gasteiger charge is 2.34. The average Bonchev–Trinajstić information content (AvgIpc) is 2.36. The number of ether oxygens (including phenoxy) is 2. The number of benzene rings is 1. The molecule has 0 unspecified atom stereocenters. The summed E-state index contributed by atoms with van der Waals surface area (Å²) in [6.45, 7) is 0.469. The summed E-state index contributed by atoms with van der Waals surface area (Å²) in [5.74, 6) is 0.280. The van der Waals surface area contributed by atoms with Crippen molar-refractivity contribution < 1.29 is 19.4 Å². The van der Waals surface area contributed by atoms with Gasteiger partial charge in [0, 0.05) is 5.56 Å². The van der Waals surface area contributed by atoms with Crippen LogP contribution >= 0.6 is 0 Å². The number of hydrogen-bond acceptors (Lipinski definition) is 3. The second kappa shape index (κ2) is 4.85. The van der Waals surface area contributed by atoms with E-state index in [-0.39, 0.29) is 0 Å². The molecule has 1 aromatic rings. The molecule has 19 heavy (non-hydrogen) atoms. The van der Waals surface area contributed by atoms with Crippen LogP contribution in [0.25, 0.3) is 0 Å². The van der Waals surface area contributed by atoms with Gasteiger partial charge in [0.1, 0.15) is 5.75 Å². The van der Waals surface area contributed by atoms with E-state index >= 15 is 0 Å². The summed E-state index contributed by atoms with van der Waals surface area (Å²) in [6.07, 6.45) is 3.57. The Morgan fingerprint density at radius 3 is 2.79 bits per heavy atom. The molecule has 0 saturated heterocycles. The Balaban J connectivity index is 2.12. The lowest BCUT2D eigenvalue weighted by Crippen LogP contribution is -2.26. The molecule has 2 aliphatic rings. The van der Waals surface area contributed by atoms with Crippen molar-refractivity contribution in [2.75, 3.05) is 13.7 Å². The predicted molar refractivity (Wildman–Crippen MR) is 69.6 cm³/mol. The van der Waals surface area contributed by atoms with E-state index in [1.807, 2.05) is 6.07 Å². The lowest BCUT2D eigenvalue weighted by molar-refractivity contribution is -0.151. The minimum atomic E-state index is -0.940.